The molecule has 0 N–H and O–H groups in total. The normalized spacial score (nSPS) is 39.2. The topological polar surface area (TPSA) is 21.7 Å². The summed E-state index contributed by atoms with van der Waals surface area (Å²) in [5.74, 6) is 2.83. The van der Waals surface area contributed by atoms with Crippen molar-refractivity contribution in [3.63, 3.8) is 0 Å². The second-order valence-electron chi connectivity index (χ2n) is 6.75. The van der Waals surface area contributed by atoms with E-state index in [1.807, 2.05) is 0 Å². The van der Waals surface area contributed by atoms with Crippen molar-refractivity contribution in [2.24, 2.45) is 0 Å². The molecule has 3 aliphatic rings. The van der Waals surface area contributed by atoms with Crippen molar-refractivity contribution in [3.05, 3.63) is 12.0 Å². The SMILES string of the molecule is C/C=C1\O[C@@H](C)[C@H](COC)N1B1C2CCCC1CCC2. The maximum Gasteiger partial charge on any atom is 0.265 e. The van der Waals surface area contributed by atoms with Gasteiger partial charge in [0.25, 0.3) is 6.85 Å². The van der Waals surface area contributed by atoms with Crippen LogP contribution >= 0.6 is 0 Å². The summed E-state index contributed by atoms with van der Waals surface area (Å²) >= 11 is 0. The van der Waals surface area contributed by atoms with Crippen LogP contribution in [0.25, 0.3) is 0 Å². The van der Waals surface area contributed by atoms with E-state index in [1.54, 1.807) is 7.11 Å². The third kappa shape index (κ3) is 2.36. The second kappa shape index (κ2) is 6.01. The zero-order valence-corrected chi connectivity index (χ0v) is 13.2. The van der Waals surface area contributed by atoms with E-state index in [1.165, 1.54) is 38.5 Å². The zero-order chi connectivity index (χ0) is 14.1. The van der Waals surface area contributed by atoms with Crippen LogP contribution in [0.1, 0.15) is 52.4 Å². The van der Waals surface area contributed by atoms with Gasteiger partial charge in [-0.05, 0) is 31.6 Å². The van der Waals surface area contributed by atoms with Gasteiger partial charge in [0, 0.05) is 7.11 Å². The molecule has 0 amide bonds. The highest BCUT2D eigenvalue weighted by molar-refractivity contribution is 6.60. The Morgan fingerprint density at radius 2 is 1.85 bits per heavy atom. The number of ether oxygens (including phenoxy) is 2. The summed E-state index contributed by atoms with van der Waals surface area (Å²) in [7, 11) is 1.81. The average Bonchev–Trinajstić information content (AvgIpc) is 2.75. The Kier molecular flexibility index (Phi) is 4.30. The predicted molar refractivity (Wildman–Crippen MR) is 82.8 cm³/mol. The van der Waals surface area contributed by atoms with Crippen molar-refractivity contribution in [1.29, 1.82) is 0 Å². The summed E-state index contributed by atoms with van der Waals surface area (Å²) in [5, 5.41) is 0. The van der Waals surface area contributed by atoms with Crippen molar-refractivity contribution < 1.29 is 9.47 Å². The van der Waals surface area contributed by atoms with Gasteiger partial charge in [-0.1, -0.05) is 38.5 Å². The first-order valence-electron chi connectivity index (χ1n) is 8.36. The maximum atomic E-state index is 6.11. The monoisotopic (exact) mass is 277 g/mol. The van der Waals surface area contributed by atoms with E-state index in [9.17, 15) is 0 Å². The van der Waals surface area contributed by atoms with Crippen LogP contribution in [0, 0.1) is 0 Å². The Labute approximate surface area is 123 Å². The molecule has 2 bridgehead atoms. The first-order valence-corrected chi connectivity index (χ1v) is 8.36. The molecule has 3 nitrogen and oxygen atoms in total. The largest absolute Gasteiger partial charge is 0.475 e. The van der Waals surface area contributed by atoms with Crippen molar-refractivity contribution in [1.82, 2.24) is 4.81 Å². The Morgan fingerprint density at radius 1 is 1.25 bits per heavy atom. The number of rotatable bonds is 3. The first-order chi connectivity index (χ1) is 9.76. The molecule has 0 unspecified atom stereocenters. The van der Waals surface area contributed by atoms with E-state index in [0.29, 0.717) is 12.9 Å². The number of methoxy groups -OCH3 is 1. The van der Waals surface area contributed by atoms with E-state index in [4.69, 9.17) is 9.47 Å². The summed E-state index contributed by atoms with van der Waals surface area (Å²) in [5.41, 5.74) is 0. The molecule has 2 atom stereocenters. The van der Waals surface area contributed by atoms with Crippen molar-refractivity contribution >= 4 is 6.85 Å². The fourth-order valence-electron chi connectivity index (χ4n) is 4.79. The van der Waals surface area contributed by atoms with Gasteiger partial charge in [-0.25, -0.2) is 0 Å². The molecule has 3 rings (SSSR count). The van der Waals surface area contributed by atoms with Crippen LogP contribution in [-0.2, 0) is 9.47 Å². The number of nitrogens with zero attached hydrogens (tertiary/aromatic N) is 1. The highest BCUT2D eigenvalue weighted by Gasteiger charge is 2.50. The van der Waals surface area contributed by atoms with Crippen LogP contribution < -0.4 is 0 Å². The molecule has 3 fully saturated rings. The van der Waals surface area contributed by atoms with Crippen LogP contribution in [0.2, 0.25) is 11.6 Å². The van der Waals surface area contributed by atoms with Gasteiger partial charge >= 0.3 is 0 Å². The predicted octanol–water partition coefficient (Wildman–Crippen LogP) is 3.68. The molecule has 3 heterocycles. The van der Waals surface area contributed by atoms with Gasteiger partial charge < -0.3 is 14.3 Å². The Hall–Kier alpha value is -0.635. The summed E-state index contributed by atoms with van der Waals surface area (Å²) in [6.07, 6.45) is 10.9. The summed E-state index contributed by atoms with van der Waals surface area (Å²) in [6, 6.07) is 0.386. The van der Waals surface area contributed by atoms with Crippen LogP contribution in [0.5, 0.6) is 0 Å². The number of allylic oxidation sites excluding steroid dienone is 1. The van der Waals surface area contributed by atoms with Crippen LogP contribution in [0.15, 0.2) is 12.0 Å². The number of fused-ring (bicyclic) bond motifs is 2. The summed E-state index contributed by atoms with van der Waals surface area (Å²) in [4.78, 5) is 2.60. The Balaban J connectivity index is 1.88. The standard InChI is InChI=1S/C16H28BNO2/c1-4-16-18(15(11-19-3)12(2)20-16)17-13-7-5-8-14(17)10-6-9-13/h4,12-15H,5-11H2,1-3H3/b16-4-/t12-,13?,14?,15-/m0/s1. The quantitative estimate of drug-likeness (QED) is 0.734. The molecule has 0 radical (unpaired) electrons. The van der Waals surface area contributed by atoms with Crippen LogP contribution in [-0.4, -0.2) is 37.5 Å². The first kappa shape index (κ1) is 14.3. The zero-order valence-electron chi connectivity index (χ0n) is 13.2. The fourth-order valence-corrected chi connectivity index (χ4v) is 4.79. The maximum absolute atomic E-state index is 6.11. The van der Waals surface area contributed by atoms with Crippen molar-refractivity contribution in [3.8, 4) is 0 Å². The summed E-state index contributed by atoms with van der Waals surface area (Å²) < 4.78 is 11.6. The minimum absolute atomic E-state index is 0.240. The molecule has 0 aromatic carbocycles. The van der Waals surface area contributed by atoms with Gasteiger partial charge in [-0.3, -0.25) is 0 Å². The van der Waals surface area contributed by atoms with Gasteiger partial charge in [0.15, 0.2) is 5.88 Å². The fraction of sp³-hybridized carbons (Fsp3) is 0.875. The van der Waals surface area contributed by atoms with E-state index in [-0.39, 0.29) is 6.10 Å². The van der Waals surface area contributed by atoms with E-state index < -0.39 is 0 Å². The van der Waals surface area contributed by atoms with Crippen LogP contribution in [0.4, 0.5) is 0 Å². The lowest BCUT2D eigenvalue weighted by atomic mass is 9.33. The average molecular weight is 277 g/mol. The lowest BCUT2D eigenvalue weighted by Gasteiger charge is -2.46. The molecule has 3 saturated heterocycles. The van der Waals surface area contributed by atoms with E-state index in [2.05, 4.69) is 24.7 Å². The smallest absolute Gasteiger partial charge is 0.265 e. The molecule has 0 saturated carbocycles. The molecular weight excluding hydrogens is 249 g/mol. The second-order valence-corrected chi connectivity index (χ2v) is 6.75. The summed E-state index contributed by atoms with van der Waals surface area (Å²) in [6.45, 7) is 5.75. The van der Waals surface area contributed by atoms with Gasteiger partial charge in [0.1, 0.15) is 6.10 Å². The van der Waals surface area contributed by atoms with Gasteiger partial charge in [-0.2, -0.15) is 0 Å². The lowest BCUT2D eigenvalue weighted by Crippen LogP contribution is -2.53. The van der Waals surface area contributed by atoms with Gasteiger partial charge in [0.2, 0.25) is 0 Å². The lowest BCUT2D eigenvalue weighted by molar-refractivity contribution is 0.111. The molecule has 20 heavy (non-hydrogen) atoms. The van der Waals surface area contributed by atoms with Gasteiger partial charge in [-0.15, -0.1) is 0 Å². The van der Waals surface area contributed by atoms with Gasteiger partial charge in [0.05, 0.1) is 12.6 Å². The highest BCUT2D eigenvalue weighted by atomic mass is 16.5. The minimum Gasteiger partial charge on any atom is -0.475 e. The third-order valence-corrected chi connectivity index (χ3v) is 5.63. The molecule has 0 aromatic rings. The van der Waals surface area contributed by atoms with Crippen molar-refractivity contribution in [2.75, 3.05) is 13.7 Å². The molecule has 0 aliphatic carbocycles. The number of hydrogen-bond donors (Lipinski definition) is 0. The van der Waals surface area contributed by atoms with Crippen LogP contribution in [0.3, 0.4) is 0 Å². The molecule has 4 heteroatoms. The molecule has 3 aliphatic heterocycles. The minimum atomic E-state index is 0.240. The highest BCUT2D eigenvalue weighted by Crippen LogP contribution is 2.50. The molecular formula is C16H28BNO2. The molecule has 0 aromatic heterocycles. The Bertz CT molecular complexity index is 351. The third-order valence-electron chi connectivity index (χ3n) is 5.63. The molecule has 0 spiro atoms. The Morgan fingerprint density at radius 3 is 2.35 bits per heavy atom. The van der Waals surface area contributed by atoms with Crippen molar-refractivity contribution in [2.45, 2.75) is 76.2 Å². The van der Waals surface area contributed by atoms with E-state index in [0.717, 1.165) is 24.1 Å². The molecule has 112 valence electrons. The van der Waals surface area contributed by atoms with E-state index >= 15 is 0 Å². The number of hydrogen-bond acceptors (Lipinski definition) is 3.